The molecule has 0 radical (unpaired) electrons. The van der Waals surface area contributed by atoms with Crippen LogP contribution in [0.4, 0.5) is 10.5 Å². The van der Waals surface area contributed by atoms with Crippen LogP contribution < -0.4 is 10.6 Å². The minimum Gasteiger partial charge on any atom is -0.504 e. The first-order chi connectivity index (χ1) is 9.85. The molecule has 1 aromatic carbocycles. The van der Waals surface area contributed by atoms with Crippen LogP contribution in [0.5, 0.6) is 17.2 Å². The highest BCUT2D eigenvalue weighted by Crippen LogP contribution is 2.37. The number of hydrogen-bond donors (Lipinski definition) is 6. The number of nitrogens with one attached hydrogen (secondary N) is 2. The van der Waals surface area contributed by atoms with Crippen molar-refractivity contribution in [1.82, 2.24) is 5.32 Å². The van der Waals surface area contributed by atoms with Gasteiger partial charge in [0.2, 0.25) is 0 Å². The molecule has 1 rings (SSSR count). The number of thioether (sulfide) groups is 1. The van der Waals surface area contributed by atoms with Crippen LogP contribution in [0, 0.1) is 0 Å². The Morgan fingerprint density at radius 3 is 2.29 bits per heavy atom. The number of anilines is 1. The summed E-state index contributed by atoms with van der Waals surface area (Å²) in [6.07, 6.45) is 2.08. The van der Waals surface area contributed by atoms with E-state index in [4.69, 9.17) is 5.11 Å². The Labute approximate surface area is 124 Å². The molecule has 9 heteroatoms. The zero-order valence-corrected chi connectivity index (χ0v) is 12.0. The summed E-state index contributed by atoms with van der Waals surface area (Å²) in [5.41, 5.74) is 0.00862. The molecule has 0 bridgehead atoms. The van der Waals surface area contributed by atoms with Crippen molar-refractivity contribution in [2.24, 2.45) is 0 Å². The van der Waals surface area contributed by atoms with E-state index in [9.17, 15) is 24.9 Å². The van der Waals surface area contributed by atoms with E-state index < -0.39 is 35.3 Å². The van der Waals surface area contributed by atoms with Crippen LogP contribution in [0.15, 0.2) is 12.1 Å². The number of hydrogen-bond acceptors (Lipinski definition) is 6. The monoisotopic (exact) mass is 316 g/mol. The van der Waals surface area contributed by atoms with Crippen molar-refractivity contribution in [3.63, 3.8) is 0 Å². The smallest absolute Gasteiger partial charge is 0.326 e. The Bertz CT molecular complexity index is 513. The number of carbonyl (C=O) groups is 2. The molecular formula is C12H16N2O6S. The number of rotatable bonds is 6. The molecule has 0 aromatic heterocycles. The van der Waals surface area contributed by atoms with E-state index in [0.717, 1.165) is 12.1 Å². The van der Waals surface area contributed by atoms with Crippen LogP contribution in [0.1, 0.15) is 6.42 Å². The average molecular weight is 316 g/mol. The highest BCUT2D eigenvalue weighted by atomic mass is 32.2. The molecular weight excluding hydrogens is 300 g/mol. The third kappa shape index (κ3) is 4.95. The zero-order chi connectivity index (χ0) is 16.0. The van der Waals surface area contributed by atoms with E-state index in [1.165, 1.54) is 11.8 Å². The Hall–Kier alpha value is -2.29. The first-order valence-corrected chi connectivity index (χ1v) is 7.28. The van der Waals surface area contributed by atoms with Gasteiger partial charge in [-0.05, 0) is 18.4 Å². The number of aliphatic carboxylic acids is 1. The molecule has 0 saturated heterocycles. The second kappa shape index (κ2) is 7.48. The van der Waals surface area contributed by atoms with Crippen LogP contribution in [0.25, 0.3) is 0 Å². The molecule has 6 N–H and O–H groups in total. The largest absolute Gasteiger partial charge is 0.504 e. The second-order valence-corrected chi connectivity index (χ2v) is 5.12. The molecule has 0 aliphatic heterocycles. The fraction of sp³-hybridized carbons (Fsp3) is 0.333. The maximum absolute atomic E-state index is 11.7. The van der Waals surface area contributed by atoms with Crippen LogP contribution in [-0.4, -0.2) is 50.5 Å². The van der Waals surface area contributed by atoms with Crippen LogP contribution in [0.3, 0.4) is 0 Å². The molecule has 0 heterocycles. The molecule has 1 unspecified atom stereocenters. The highest BCUT2D eigenvalue weighted by molar-refractivity contribution is 7.98. The number of phenols is 3. The number of phenolic OH excluding ortho intramolecular Hbond substituents is 3. The van der Waals surface area contributed by atoms with Crippen molar-refractivity contribution >= 4 is 29.4 Å². The van der Waals surface area contributed by atoms with Gasteiger partial charge in [-0.15, -0.1) is 0 Å². The van der Waals surface area contributed by atoms with E-state index in [0.29, 0.717) is 5.75 Å². The summed E-state index contributed by atoms with van der Waals surface area (Å²) < 4.78 is 0. The number of aromatic hydroxyl groups is 3. The average Bonchev–Trinajstić information content (AvgIpc) is 2.40. The van der Waals surface area contributed by atoms with Gasteiger partial charge in [-0.2, -0.15) is 11.8 Å². The lowest BCUT2D eigenvalue weighted by Gasteiger charge is -2.15. The quantitative estimate of drug-likeness (QED) is 0.341. The fourth-order valence-electron chi connectivity index (χ4n) is 1.49. The minimum atomic E-state index is -1.16. The molecule has 8 nitrogen and oxygen atoms in total. The Balaban J connectivity index is 2.70. The van der Waals surface area contributed by atoms with Gasteiger partial charge < -0.3 is 31.1 Å². The first-order valence-electron chi connectivity index (χ1n) is 5.89. The normalized spacial score (nSPS) is 11.7. The van der Waals surface area contributed by atoms with Gasteiger partial charge in [0.1, 0.15) is 6.04 Å². The molecule has 0 spiro atoms. The number of carboxylic acid groups (broad SMARTS) is 1. The lowest BCUT2D eigenvalue weighted by Crippen LogP contribution is -2.43. The highest BCUT2D eigenvalue weighted by Gasteiger charge is 2.19. The van der Waals surface area contributed by atoms with E-state index in [-0.39, 0.29) is 12.1 Å². The van der Waals surface area contributed by atoms with E-state index in [1.807, 2.05) is 6.26 Å². The molecule has 21 heavy (non-hydrogen) atoms. The van der Waals surface area contributed by atoms with Crippen LogP contribution in [-0.2, 0) is 4.79 Å². The topological polar surface area (TPSA) is 139 Å². The van der Waals surface area contributed by atoms with Gasteiger partial charge in [-0.3, -0.25) is 0 Å². The SMILES string of the molecule is CSCCC(NC(=O)Nc1cc(O)c(O)c(O)c1)C(=O)O. The van der Waals surface area contributed by atoms with Crippen molar-refractivity contribution in [3.05, 3.63) is 12.1 Å². The van der Waals surface area contributed by atoms with Crippen molar-refractivity contribution in [3.8, 4) is 17.2 Å². The van der Waals surface area contributed by atoms with Gasteiger partial charge in [-0.1, -0.05) is 0 Å². The third-order valence-corrected chi connectivity index (χ3v) is 3.19. The third-order valence-electron chi connectivity index (χ3n) is 2.54. The molecule has 0 saturated carbocycles. The molecule has 116 valence electrons. The Kier molecular flexibility index (Phi) is 5.97. The van der Waals surface area contributed by atoms with Crippen molar-refractivity contribution in [1.29, 1.82) is 0 Å². The predicted molar refractivity (Wildman–Crippen MR) is 78.0 cm³/mol. The van der Waals surface area contributed by atoms with Crippen molar-refractivity contribution < 1.29 is 30.0 Å². The van der Waals surface area contributed by atoms with Crippen molar-refractivity contribution in [2.75, 3.05) is 17.3 Å². The number of urea groups is 1. The Morgan fingerprint density at radius 2 is 1.81 bits per heavy atom. The maximum Gasteiger partial charge on any atom is 0.326 e. The number of amides is 2. The second-order valence-electron chi connectivity index (χ2n) is 4.13. The van der Waals surface area contributed by atoms with E-state index in [1.54, 1.807) is 0 Å². The molecule has 1 aromatic rings. The Morgan fingerprint density at radius 1 is 1.24 bits per heavy atom. The fourth-order valence-corrected chi connectivity index (χ4v) is 1.97. The van der Waals surface area contributed by atoms with Crippen LogP contribution in [0.2, 0.25) is 0 Å². The zero-order valence-electron chi connectivity index (χ0n) is 11.2. The van der Waals surface area contributed by atoms with Gasteiger partial charge in [0, 0.05) is 12.1 Å². The summed E-state index contributed by atoms with van der Waals surface area (Å²) >= 11 is 1.46. The molecule has 1 atom stereocenters. The van der Waals surface area contributed by atoms with Gasteiger partial charge in [0.25, 0.3) is 0 Å². The summed E-state index contributed by atoms with van der Waals surface area (Å²) in [5.74, 6) is -2.51. The molecule has 0 fully saturated rings. The first kappa shape index (κ1) is 16.8. The van der Waals surface area contributed by atoms with Crippen LogP contribution >= 0.6 is 11.8 Å². The molecule has 0 aliphatic carbocycles. The van der Waals surface area contributed by atoms with Gasteiger partial charge >= 0.3 is 12.0 Å². The molecule has 2 amide bonds. The van der Waals surface area contributed by atoms with Crippen molar-refractivity contribution in [2.45, 2.75) is 12.5 Å². The summed E-state index contributed by atoms with van der Waals surface area (Å²) in [7, 11) is 0. The standard InChI is InChI=1S/C12H16N2O6S/c1-21-3-2-7(11(18)19)14-12(20)13-6-4-8(15)10(17)9(16)5-6/h4-5,7,15-17H,2-3H2,1H3,(H,18,19)(H2,13,14,20). The lowest BCUT2D eigenvalue weighted by molar-refractivity contribution is -0.139. The summed E-state index contributed by atoms with van der Waals surface area (Å²) in [6, 6.07) is 0.197. The summed E-state index contributed by atoms with van der Waals surface area (Å²) in [5, 5.41) is 41.3. The van der Waals surface area contributed by atoms with Gasteiger partial charge in [0.05, 0.1) is 5.69 Å². The van der Waals surface area contributed by atoms with Gasteiger partial charge in [0.15, 0.2) is 17.2 Å². The number of carboxylic acids is 1. The van der Waals surface area contributed by atoms with E-state index in [2.05, 4.69) is 10.6 Å². The van der Waals surface area contributed by atoms with Gasteiger partial charge in [-0.25, -0.2) is 9.59 Å². The van der Waals surface area contributed by atoms with E-state index >= 15 is 0 Å². The maximum atomic E-state index is 11.7. The summed E-state index contributed by atoms with van der Waals surface area (Å²) in [4.78, 5) is 22.7. The lowest BCUT2D eigenvalue weighted by atomic mass is 10.2. The number of carbonyl (C=O) groups excluding carboxylic acids is 1. The number of benzene rings is 1. The summed E-state index contributed by atoms with van der Waals surface area (Å²) in [6.45, 7) is 0. The predicted octanol–water partition coefficient (Wildman–Crippen LogP) is 1.13. The molecule has 0 aliphatic rings. The minimum absolute atomic E-state index is 0.00862.